The third kappa shape index (κ3) is 6.26. The van der Waals surface area contributed by atoms with Crippen molar-refractivity contribution in [2.75, 3.05) is 13.6 Å². The van der Waals surface area contributed by atoms with Crippen molar-refractivity contribution < 1.29 is 28.7 Å². The van der Waals surface area contributed by atoms with Crippen LogP contribution >= 0.6 is 0 Å². The van der Waals surface area contributed by atoms with Crippen molar-refractivity contribution in [1.29, 1.82) is 0 Å². The molecule has 2 fully saturated rings. The molecule has 2 aliphatic carbocycles. The van der Waals surface area contributed by atoms with Crippen molar-refractivity contribution in [3.05, 3.63) is 35.4 Å². The van der Waals surface area contributed by atoms with E-state index in [2.05, 4.69) is 29.8 Å². The largest absolute Gasteiger partial charge is 0.444 e. The van der Waals surface area contributed by atoms with Crippen LogP contribution in [0.5, 0.6) is 0 Å². The standard InChI is InChI=1S/C31H44N4O6/c1-8-11-21(25(36)27(38)32-7)33-26(37)24-22-20(31(22,5)6)16-35(24)28(39)23(34-29(40)41-30(2,3)4)19-14-17-12-9-10-13-18(17)15-19/h9-10,12-13,19-24H,8,11,14-16H2,1-7H3,(H,32,38)(H,33,37)(H,34,40)/t20-,21?,22-,23-,24-/m0/s1. The van der Waals surface area contributed by atoms with Crippen LogP contribution in [0, 0.1) is 23.2 Å². The van der Waals surface area contributed by atoms with Gasteiger partial charge in [-0.25, -0.2) is 4.79 Å². The second-order valence-corrected chi connectivity index (χ2v) is 13.2. The maximum Gasteiger partial charge on any atom is 0.408 e. The molecule has 1 aliphatic heterocycles. The van der Waals surface area contributed by atoms with Gasteiger partial charge in [-0.15, -0.1) is 0 Å². The smallest absolute Gasteiger partial charge is 0.408 e. The highest BCUT2D eigenvalue weighted by Gasteiger charge is 2.69. The van der Waals surface area contributed by atoms with Gasteiger partial charge in [0.25, 0.3) is 5.91 Å². The number of likely N-dealkylation sites (tertiary alicyclic amines) is 1. The molecular formula is C31H44N4O6. The Bertz CT molecular complexity index is 1200. The number of hydrogen-bond acceptors (Lipinski definition) is 6. The van der Waals surface area contributed by atoms with E-state index in [0.29, 0.717) is 32.2 Å². The SMILES string of the molecule is CCCC(NC(=O)[C@@H]1[C@@H]2[C@H](CN1C(=O)[C@@H](NC(=O)OC(C)(C)C)C1Cc3ccccc3C1)C2(C)C)C(=O)C(=O)NC. The zero-order chi connectivity index (χ0) is 30.3. The Morgan fingerprint density at radius 3 is 2.20 bits per heavy atom. The van der Waals surface area contributed by atoms with Crippen molar-refractivity contribution in [2.24, 2.45) is 23.2 Å². The average molecular weight is 569 g/mol. The number of carbonyl (C=O) groups excluding carboxylic acids is 5. The molecule has 41 heavy (non-hydrogen) atoms. The molecule has 1 aromatic rings. The van der Waals surface area contributed by atoms with Gasteiger partial charge in [-0.1, -0.05) is 51.5 Å². The fourth-order valence-electron chi connectivity index (χ4n) is 6.73. The van der Waals surface area contributed by atoms with Gasteiger partial charge >= 0.3 is 6.09 Å². The molecule has 3 N–H and O–H groups in total. The lowest BCUT2D eigenvalue weighted by Crippen LogP contribution is -2.59. The number of amides is 4. The maximum atomic E-state index is 14.3. The second kappa shape index (κ2) is 11.4. The Hall–Kier alpha value is -3.43. The lowest BCUT2D eigenvalue weighted by atomic mass is 9.93. The number of piperidine rings is 1. The van der Waals surface area contributed by atoms with Gasteiger partial charge in [0.1, 0.15) is 17.7 Å². The molecule has 1 aromatic carbocycles. The van der Waals surface area contributed by atoms with E-state index >= 15 is 0 Å². The molecule has 10 heteroatoms. The van der Waals surface area contributed by atoms with Gasteiger partial charge in [0.05, 0.1) is 6.04 Å². The van der Waals surface area contributed by atoms with Crippen molar-refractivity contribution >= 4 is 29.6 Å². The minimum Gasteiger partial charge on any atom is -0.444 e. The van der Waals surface area contributed by atoms with E-state index < -0.39 is 47.4 Å². The maximum absolute atomic E-state index is 14.3. The minimum atomic E-state index is -0.981. The Labute approximate surface area is 242 Å². The highest BCUT2D eigenvalue weighted by Crippen LogP contribution is 2.65. The summed E-state index contributed by atoms with van der Waals surface area (Å²) in [6, 6.07) is 5.30. The van der Waals surface area contributed by atoms with Crippen LogP contribution in [-0.2, 0) is 36.8 Å². The molecule has 0 bridgehead atoms. The second-order valence-electron chi connectivity index (χ2n) is 13.2. The highest BCUT2D eigenvalue weighted by atomic mass is 16.6. The summed E-state index contributed by atoms with van der Waals surface area (Å²) in [5.41, 5.74) is 1.37. The van der Waals surface area contributed by atoms with E-state index in [-0.39, 0.29) is 29.1 Å². The number of fused-ring (bicyclic) bond motifs is 2. The fraction of sp³-hybridized carbons (Fsp3) is 0.645. The molecule has 5 atom stereocenters. The Kier molecular flexibility index (Phi) is 8.52. The van der Waals surface area contributed by atoms with Crippen LogP contribution < -0.4 is 16.0 Å². The number of benzene rings is 1. The zero-order valence-corrected chi connectivity index (χ0v) is 25.2. The van der Waals surface area contributed by atoms with Crippen LogP contribution in [0.25, 0.3) is 0 Å². The molecule has 224 valence electrons. The highest BCUT2D eigenvalue weighted by molar-refractivity contribution is 6.38. The van der Waals surface area contributed by atoms with Gasteiger partial charge < -0.3 is 25.6 Å². The fourth-order valence-corrected chi connectivity index (χ4v) is 6.73. The summed E-state index contributed by atoms with van der Waals surface area (Å²) >= 11 is 0. The molecule has 4 rings (SSSR count). The number of nitrogens with one attached hydrogen (secondary N) is 3. The third-order valence-electron chi connectivity index (χ3n) is 8.91. The Morgan fingerprint density at radius 2 is 1.66 bits per heavy atom. The molecule has 3 aliphatic rings. The lowest BCUT2D eigenvalue weighted by molar-refractivity contribution is -0.144. The van der Waals surface area contributed by atoms with E-state index in [1.807, 2.05) is 31.2 Å². The number of ether oxygens (including phenoxy) is 1. The van der Waals surface area contributed by atoms with E-state index in [0.717, 1.165) is 11.1 Å². The molecule has 0 radical (unpaired) electrons. The van der Waals surface area contributed by atoms with Crippen LogP contribution in [0.4, 0.5) is 4.79 Å². The van der Waals surface area contributed by atoms with E-state index in [4.69, 9.17) is 4.74 Å². The van der Waals surface area contributed by atoms with E-state index in [1.54, 1.807) is 25.7 Å². The average Bonchev–Trinajstić information content (AvgIpc) is 3.28. The van der Waals surface area contributed by atoms with Crippen LogP contribution in [-0.4, -0.2) is 71.8 Å². The predicted molar refractivity (Wildman–Crippen MR) is 153 cm³/mol. The summed E-state index contributed by atoms with van der Waals surface area (Å²) in [5, 5.41) is 7.98. The molecule has 4 amide bonds. The number of rotatable bonds is 9. The summed E-state index contributed by atoms with van der Waals surface area (Å²) in [4.78, 5) is 67.4. The molecule has 1 unspecified atom stereocenters. The predicted octanol–water partition coefficient (Wildman–Crippen LogP) is 2.38. The molecule has 0 spiro atoms. The molecule has 1 saturated carbocycles. The van der Waals surface area contributed by atoms with Gasteiger partial charge in [-0.2, -0.15) is 0 Å². The molecule has 10 nitrogen and oxygen atoms in total. The first-order chi connectivity index (χ1) is 19.2. The summed E-state index contributed by atoms with van der Waals surface area (Å²) in [6.45, 7) is 11.7. The topological polar surface area (TPSA) is 134 Å². The van der Waals surface area contributed by atoms with Crippen molar-refractivity contribution in [2.45, 2.75) is 91.0 Å². The Balaban J connectivity index is 1.60. The third-order valence-corrected chi connectivity index (χ3v) is 8.91. The van der Waals surface area contributed by atoms with Crippen LogP contribution in [0.3, 0.4) is 0 Å². The van der Waals surface area contributed by atoms with Crippen LogP contribution in [0.1, 0.15) is 65.5 Å². The van der Waals surface area contributed by atoms with Crippen LogP contribution in [0.15, 0.2) is 24.3 Å². The molecular weight excluding hydrogens is 524 g/mol. The van der Waals surface area contributed by atoms with Crippen molar-refractivity contribution in [3.63, 3.8) is 0 Å². The summed E-state index contributed by atoms with van der Waals surface area (Å²) in [6.07, 6.45) is 1.44. The number of carbonyl (C=O) groups is 5. The first-order valence-electron chi connectivity index (χ1n) is 14.6. The van der Waals surface area contributed by atoms with Gasteiger partial charge in [0.2, 0.25) is 17.6 Å². The van der Waals surface area contributed by atoms with Gasteiger partial charge in [0.15, 0.2) is 0 Å². The van der Waals surface area contributed by atoms with E-state index in [9.17, 15) is 24.0 Å². The Morgan fingerprint density at radius 1 is 1.05 bits per heavy atom. The molecule has 1 heterocycles. The summed E-state index contributed by atoms with van der Waals surface area (Å²) in [5.74, 6) is -2.44. The number of Topliss-reactive ketones (excluding diaryl/α,β-unsaturated/α-hetero) is 1. The minimum absolute atomic E-state index is 0.0909. The number of hydrogen-bond donors (Lipinski definition) is 3. The summed E-state index contributed by atoms with van der Waals surface area (Å²) in [7, 11) is 1.37. The number of nitrogens with zero attached hydrogens (tertiary/aromatic N) is 1. The van der Waals surface area contributed by atoms with E-state index in [1.165, 1.54) is 7.05 Å². The van der Waals surface area contributed by atoms with Gasteiger partial charge in [-0.3, -0.25) is 19.2 Å². The summed E-state index contributed by atoms with van der Waals surface area (Å²) < 4.78 is 5.52. The quantitative estimate of drug-likeness (QED) is 0.392. The number of likely N-dealkylation sites (N-methyl/N-ethyl adjacent to an activating group) is 1. The lowest BCUT2D eigenvalue weighted by Gasteiger charge is -2.35. The van der Waals surface area contributed by atoms with Crippen molar-refractivity contribution in [1.82, 2.24) is 20.9 Å². The normalized spacial score (nSPS) is 24.0. The first-order valence-corrected chi connectivity index (χ1v) is 14.6. The van der Waals surface area contributed by atoms with Crippen molar-refractivity contribution in [3.8, 4) is 0 Å². The zero-order valence-electron chi connectivity index (χ0n) is 25.2. The van der Waals surface area contributed by atoms with Gasteiger partial charge in [0, 0.05) is 13.6 Å². The monoisotopic (exact) mass is 568 g/mol. The number of ketones is 1. The van der Waals surface area contributed by atoms with Crippen LogP contribution in [0.2, 0.25) is 0 Å². The molecule has 0 aromatic heterocycles. The molecule has 1 saturated heterocycles. The number of alkyl carbamates (subject to hydrolysis) is 1. The first kappa shape index (κ1) is 30.5. The van der Waals surface area contributed by atoms with Gasteiger partial charge in [-0.05, 0) is 74.3 Å².